The van der Waals surface area contributed by atoms with Crippen LogP contribution >= 0.6 is 0 Å². The molecule has 2 aromatic rings. The fourth-order valence-corrected chi connectivity index (χ4v) is 2.19. The molecule has 6 heteroatoms. The highest BCUT2D eigenvalue weighted by Crippen LogP contribution is 2.34. The summed E-state index contributed by atoms with van der Waals surface area (Å²) < 4.78 is 24.0. The number of hydrogen-bond acceptors (Lipinski definition) is 4. The van der Waals surface area contributed by atoms with Gasteiger partial charge < -0.3 is 19.7 Å². The molecule has 25 heavy (non-hydrogen) atoms. The first-order valence-corrected chi connectivity index (χ1v) is 8.02. The van der Waals surface area contributed by atoms with Crippen molar-refractivity contribution in [3.63, 3.8) is 0 Å². The SMILES string of the molecule is CCN(C)C=Nc1cc(OC)cc(Nc2ccc(F)c(OC)c2)c1C. The maximum atomic E-state index is 13.6. The van der Waals surface area contributed by atoms with Crippen LogP contribution in [0.25, 0.3) is 0 Å². The minimum Gasteiger partial charge on any atom is -0.497 e. The molecule has 134 valence electrons. The molecule has 0 radical (unpaired) electrons. The number of aliphatic imine (C=N–C) groups is 1. The van der Waals surface area contributed by atoms with Gasteiger partial charge in [-0.05, 0) is 31.5 Å². The van der Waals surface area contributed by atoms with E-state index < -0.39 is 5.82 Å². The molecule has 2 rings (SSSR count). The first-order valence-electron chi connectivity index (χ1n) is 8.02. The molecule has 0 saturated carbocycles. The second-order valence-corrected chi connectivity index (χ2v) is 5.61. The van der Waals surface area contributed by atoms with Crippen LogP contribution in [0.1, 0.15) is 12.5 Å². The van der Waals surface area contributed by atoms with Gasteiger partial charge in [-0.3, -0.25) is 0 Å². The summed E-state index contributed by atoms with van der Waals surface area (Å²) in [6, 6.07) is 8.40. The summed E-state index contributed by atoms with van der Waals surface area (Å²) in [7, 11) is 5.01. The number of halogens is 1. The van der Waals surface area contributed by atoms with Crippen LogP contribution in [0.3, 0.4) is 0 Å². The second-order valence-electron chi connectivity index (χ2n) is 5.61. The van der Waals surface area contributed by atoms with Gasteiger partial charge in [0.25, 0.3) is 0 Å². The molecule has 0 aliphatic heterocycles. The van der Waals surface area contributed by atoms with Crippen molar-refractivity contribution < 1.29 is 13.9 Å². The third-order valence-corrected chi connectivity index (χ3v) is 3.91. The van der Waals surface area contributed by atoms with Gasteiger partial charge in [-0.25, -0.2) is 9.38 Å². The third kappa shape index (κ3) is 4.62. The van der Waals surface area contributed by atoms with Gasteiger partial charge in [0.05, 0.1) is 26.2 Å². The Bertz CT molecular complexity index is 763. The van der Waals surface area contributed by atoms with E-state index in [1.807, 2.05) is 31.0 Å². The van der Waals surface area contributed by atoms with Crippen LogP contribution in [0.4, 0.5) is 21.5 Å². The molecule has 0 aliphatic carbocycles. The van der Waals surface area contributed by atoms with Crippen LogP contribution in [0.2, 0.25) is 0 Å². The van der Waals surface area contributed by atoms with Gasteiger partial charge in [0, 0.05) is 43.2 Å². The summed E-state index contributed by atoms with van der Waals surface area (Å²) in [6.45, 7) is 4.90. The van der Waals surface area contributed by atoms with Crippen molar-refractivity contribution in [2.24, 2.45) is 4.99 Å². The van der Waals surface area contributed by atoms with Gasteiger partial charge in [-0.2, -0.15) is 0 Å². The Morgan fingerprint density at radius 3 is 2.60 bits per heavy atom. The lowest BCUT2D eigenvalue weighted by molar-refractivity contribution is 0.387. The molecule has 0 heterocycles. The zero-order valence-electron chi connectivity index (χ0n) is 15.3. The van der Waals surface area contributed by atoms with Crippen LogP contribution in [0.5, 0.6) is 11.5 Å². The number of anilines is 2. The lowest BCUT2D eigenvalue weighted by atomic mass is 10.1. The van der Waals surface area contributed by atoms with E-state index >= 15 is 0 Å². The summed E-state index contributed by atoms with van der Waals surface area (Å²) >= 11 is 0. The molecular formula is C19H24FN3O2. The summed E-state index contributed by atoms with van der Waals surface area (Å²) in [4.78, 5) is 6.51. The summed E-state index contributed by atoms with van der Waals surface area (Å²) in [5.41, 5.74) is 3.32. The van der Waals surface area contributed by atoms with Crippen molar-refractivity contribution >= 4 is 23.4 Å². The van der Waals surface area contributed by atoms with Crippen molar-refractivity contribution in [3.8, 4) is 11.5 Å². The molecule has 0 spiro atoms. The predicted octanol–water partition coefficient (Wildman–Crippen LogP) is 4.51. The number of rotatable bonds is 7. The van der Waals surface area contributed by atoms with Crippen LogP contribution in [-0.4, -0.2) is 39.1 Å². The molecule has 0 aliphatic rings. The van der Waals surface area contributed by atoms with Gasteiger partial charge in [-0.15, -0.1) is 0 Å². The summed E-state index contributed by atoms with van der Waals surface area (Å²) in [5.74, 6) is 0.477. The Labute approximate surface area is 148 Å². The maximum Gasteiger partial charge on any atom is 0.165 e. The molecule has 0 saturated heterocycles. The normalized spacial score (nSPS) is 10.8. The van der Waals surface area contributed by atoms with Crippen LogP contribution in [0.15, 0.2) is 35.3 Å². The van der Waals surface area contributed by atoms with E-state index in [2.05, 4.69) is 17.2 Å². The smallest absolute Gasteiger partial charge is 0.165 e. The average molecular weight is 345 g/mol. The Kier molecular flexibility index (Phi) is 6.22. The van der Waals surface area contributed by atoms with E-state index in [0.29, 0.717) is 5.75 Å². The number of methoxy groups -OCH3 is 2. The van der Waals surface area contributed by atoms with Crippen LogP contribution < -0.4 is 14.8 Å². The highest BCUT2D eigenvalue weighted by Gasteiger charge is 2.10. The average Bonchev–Trinajstić information content (AvgIpc) is 2.63. The molecule has 1 N–H and O–H groups in total. The zero-order valence-corrected chi connectivity index (χ0v) is 15.3. The minimum absolute atomic E-state index is 0.188. The fourth-order valence-electron chi connectivity index (χ4n) is 2.19. The molecular weight excluding hydrogens is 321 g/mol. The molecule has 2 aromatic carbocycles. The lowest BCUT2D eigenvalue weighted by Crippen LogP contribution is -2.14. The van der Waals surface area contributed by atoms with Crippen molar-refractivity contribution in [2.45, 2.75) is 13.8 Å². The Morgan fingerprint density at radius 1 is 1.20 bits per heavy atom. The number of nitrogens with zero attached hydrogens (tertiary/aromatic N) is 2. The van der Waals surface area contributed by atoms with Gasteiger partial charge >= 0.3 is 0 Å². The maximum absolute atomic E-state index is 13.6. The summed E-state index contributed by atoms with van der Waals surface area (Å²) in [6.07, 6.45) is 1.78. The Hall–Kier alpha value is -2.76. The number of nitrogens with one attached hydrogen (secondary N) is 1. The molecule has 0 amide bonds. The van der Waals surface area contributed by atoms with Crippen molar-refractivity contribution in [1.82, 2.24) is 4.90 Å². The van der Waals surface area contributed by atoms with E-state index in [0.717, 1.165) is 29.2 Å². The Morgan fingerprint density at radius 2 is 1.96 bits per heavy atom. The van der Waals surface area contributed by atoms with E-state index in [-0.39, 0.29) is 5.75 Å². The molecule has 0 atom stereocenters. The fraction of sp³-hybridized carbons (Fsp3) is 0.316. The second kappa shape index (κ2) is 8.37. The van der Waals surface area contributed by atoms with Crippen LogP contribution in [-0.2, 0) is 0 Å². The van der Waals surface area contributed by atoms with E-state index in [9.17, 15) is 4.39 Å². The lowest BCUT2D eigenvalue weighted by Gasteiger charge is -2.15. The molecule has 0 fully saturated rings. The van der Waals surface area contributed by atoms with Crippen LogP contribution in [0, 0.1) is 12.7 Å². The standard InChI is InChI=1S/C19H24FN3O2/c1-6-23(3)12-21-17-10-15(24-4)11-18(13(17)2)22-14-7-8-16(20)19(9-14)25-5/h7-12,22H,6H2,1-5H3. The third-order valence-electron chi connectivity index (χ3n) is 3.91. The Balaban J connectivity index is 2.38. The van der Waals surface area contributed by atoms with E-state index in [1.165, 1.54) is 13.2 Å². The first-order chi connectivity index (χ1) is 12.0. The molecule has 0 unspecified atom stereocenters. The predicted molar refractivity (Wildman–Crippen MR) is 100 cm³/mol. The number of ether oxygens (including phenoxy) is 2. The topological polar surface area (TPSA) is 46.1 Å². The first kappa shape index (κ1) is 18.6. The monoisotopic (exact) mass is 345 g/mol. The highest BCUT2D eigenvalue weighted by molar-refractivity contribution is 5.74. The van der Waals surface area contributed by atoms with Crippen molar-refractivity contribution in [3.05, 3.63) is 41.7 Å². The number of hydrogen-bond donors (Lipinski definition) is 1. The van der Waals surface area contributed by atoms with Gasteiger partial charge in [0.1, 0.15) is 5.75 Å². The zero-order chi connectivity index (χ0) is 18.4. The van der Waals surface area contributed by atoms with E-state index in [1.54, 1.807) is 25.6 Å². The largest absolute Gasteiger partial charge is 0.497 e. The number of benzene rings is 2. The quantitative estimate of drug-likeness (QED) is 0.592. The van der Waals surface area contributed by atoms with Gasteiger partial charge in [0.15, 0.2) is 11.6 Å². The van der Waals surface area contributed by atoms with Gasteiger partial charge in [0.2, 0.25) is 0 Å². The molecule has 0 bridgehead atoms. The summed E-state index contributed by atoms with van der Waals surface area (Å²) in [5, 5.41) is 3.28. The van der Waals surface area contributed by atoms with Gasteiger partial charge in [-0.1, -0.05) is 0 Å². The minimum atomic E-state index is -0.400. The van der Waals surface area contributed by atoms with Crippen molar-refractivity contribution in [1.29, 1.82) is 0 Å². The van der Waals surface area contributed by atoms with E-state index in [4.69, 9.17) is 9.47 Å². The highest BCUT2D eigenvalue weighted by atomic mass is 19.1. The molecule has 0 aromatic heterocycles. The van der Waals surface area contributed by atoms with Crippen molar-refractivity contribution in [2.75, 3.05) is 33.1 Å². The molecule has 5 nitrogen and oxygen atoms in total.